The Bertz CT molecular complexity index is 1390. The van der Waals surface area contributed by atoms with Crippen molar-refractivity contribution in [1.82, 2.24) is 15.1 Å². The molecule has 1 N–H and O–H groups in total. The van der Waals surface area contributed by atoms with Crippen molar-refractivity contribution in [1.29, 1.82) is 0 Å². The molecule has 0 aliphatic heterocycles. The third kappa shape index (κ3) is 5.30. The maximum absolute atomic E-state index is 13.1. The zero-order chi connectivity index (χ0) is 24.1. The van der Waals surface area contributed by atoms with Gasteiger partial charge in [0.15, 0.2) is 0 Å². The maximum Gasteiger partial charge on any atom is 0.264 e. The van der Waals surface area contributed by atoms with E-state index in [-0.39, 0.29) is 16.4 Å². The van der Waals surface area contributed by atoms with Crippen LogP contribution < -0.4 is 9.62 Å². The number of rotatable bonds is 8. The summed E-state index contributed by atoms with van der Waals surface area (Å²) in [4.78, 5) is 12.7. The zero-order valence-corrected chi connectivity index (χ0v) is 20.0. The molecule has 7 nitrogen and oxygen atoms in total. The lowest BCUT2D eigenvalue weighted by atomic mass is 10.1. The minimum Gasteiger partial charge on any atom is -0.352 e. The molecule has 0 bridgehead atoms. The Kier molecular flexibility index (Phi) is 7.00. The van der Waals surface area contributed by atoms with E-state index in [2.05, 4.69) is 10.4 Å². The SMILES string of the molecule is CN(c1cccc(Cl)c1)S(=O)(=O)c1cccc(C(=O)NCCc2ccc(-n3cccn3)cc2)c1. The van der Waals surface area contributed by atoms with Gasteiger partial charge in [0.25, 0.3) is 15.9 Å². The number of benzene rings is 3. The first-order valence-electron chi connectivity index (χ1n) is 10.6. The summed E-state index contributed by atoms with van der Waals surface area (Å²) in [6.45, 7) is 0.416. The summed E-state index contributed by atoms with van der Waals surface area (Å²) in [6.07, 6.45) is 4.23. The molecule has 0 unspecified atom stereocenters. The minimum atomic E-state index is -3.86. The van der Waals surface area contributed by atoms with Crippen LogP contribution in [0.2, 0.25) is 5.02 Å². The first-order chi connectivity index (χ1) is 16.3. The van der Waals surface area contributed by atoms with Gasteiger partial charge in [-0.25, -0.2) is 13.1 Å². The normalized spacial score (nSPS) is 11.2. The molecule has 0 fully saturated rings. The first-order valence-corrected chi connectivity index (χ1v) is 12.4. The molecular formula is C25H23ClN4O3S. The van der Waals surface area contributed by atoms with E-state index in [4.69, 9.17) is 11.6 Å². The van der Waals surface area contributed by atoms with Crippen molar-refractivity contribution in [2.24, 2.45) is 0 Å². The van der Waals surface area contributed by atoms with Gasteiger partial charge >= 0.3 is 0 Å². The Hall–Kier alpha value is -3.62. The third-order valence-electron chi connectivity index (χ3n) is 5.33. The van der Waals surface area contributed by atoms with Crippen molar-refractivity contribution in [2.75, 3.05) is 17.9 Å². The van der Waals surface area contributed by atoms with Crippen molar-refractivity contribution in [3.63, 3.8) is 0 Å². The molecule has 0 spiro atoms. The standard InChI is InChI=1S/C25H23ClN4O3S/c1-29(23-7-3-6-21(26)18-23)34(32,33)24-8-2-5-20(17-24)25(31)27-15-13-19-9-11-22(12-10-19)30-16-4-14-28-30/h2-12,14,16-18H,13,15H2,1H3,(H,27,31). The second-order valence-electron chi connectivity index (χ2n) is 7.60. The molecule has 0 saturated heterocycles. The van der Waals surface area contributed by atoms with Crippen LogP contribution in [0.4, 0.5) is 5.69 Å². The molecule has 1 aromatic heterocycles. The average molecular weight is 495 g/mol. The third-order valence-corrected chi connectivity index (χ3v) is 7.35. The molecule has 0 saturated carbocycles. The molecule has 174 valence electrons. The quantitative estimate of drug-likeness (QED) is 0.395. The minimum absolute atomic E-state index is 0.0248. The first kappa shape index (κ1) is 23.5. The molecule has 0 radical (unpaired) electrons. The summed E-state index contributed by atoms with van der Waals surface area (Å²) in [5.74, 6) is -0.337. The fourth-order valence-electron chi connectivity index (χ4n) is 3.43. The number of nitrogens with one attached hydrogen (secondary N) is 1. The number of carbonyl (C=O) groups excluding carboxylic acids is 1. The highest BCUT2D eigenvalue weighted by molar-refractivity contribution is 7.92. The zero-order valence-electron chi connectivity index (χ0n) is 18.4. The fourth-order valence-corrected chi connectivity index (χ4v) is 4.84. The largest absolute Gasteiger partial charge is 0.352 e. The van der Waals surface area contributed by atoms with Crippen LogP contribution in [0.3, 0.4) is 0 Å². The lowest BCUT2D eigenvalue weighted by Gasteiger charge is -2.20. The second kappa shape index (κ2) is 10.1. The predicted octanol–water partition coefficient (Wildman–Crippen LogP) is 4.32. The lowest BCUT2D eigenvalue weighted by Crippen LogP contribution is -2.28. The summed E-state index contributed by atoms with van der Waals surface area (Å²) in [5, 5.41) is 7.49. The van der Waals surface area contributed by atoms with Crippen LogP contribution >= 0.6 is 11.6 Å². The number of nitrogens with zero attached hydrogens (tertiary/aromatic N) is 3. The van der Waals surface area contributed by atoms with Gasteiger partial charge in [-0.15, -0.1) is 0 Å². The van der Waals surface area contributed by atoms with Crippen LogP contribution in [-0.2, 0) is 16.4 Å². The highest BCUT2D eigenvalue weighted by Gasteiger charge is 2.22. The van der Waals surface area contributed by atoms with Crippen LogP contribution in [-0.4, -0.2) is 37.7 Å². The molecule has 3 aromatic carbocycles. The second-order valence-corrected chi connectivity index (χ2v) is 10.0. The average Bonchev–Trinajstić information content (AvgIpc) is 3.39. The van der Waals surface area contributed by atoms with E-state index in [1.54, 1.807) is 47.3 Å². The number of sulfonamides is 1. The molecule has 1 heterocycles. The monoisotopic (exact) mass is 494 g/mol. The van der Waals surface area contributed by atoms with Gasteiger partial charge in [-0.2, -0.15) is 5.10 Å². The Balaban J connectivity index is 1.39. The van der Waals surface area contributed by atoms with Crippen molar-refractivity contribution >= 4 is 33.2 Å². The number of halogens is 1. The number of hydrogen-bond donors (Lipinski definition) is 1. The summed E-state index contributed by atoms with van der Waals surface area (Å²) >= 11 is 6.00. The predicted molar refractivity (Wildman–Crippen MR) is 133 cm³/mol. The van der Waals surface area contributed by atoms with Gasteiger partial charge in [0.05, 0.1) is 16.3 Å². The maximum atomic E-state index is 13.1. The molecule has 9 heteroatoms. The van der Waals surface area contributed by atoms with Gasteiger partial charge in [-0.1, -0.05) is 35.9 Å². The van der Waals surface area contributed by atoms with Gasteiger partial charge < -0.3 is 5.32 Å². The Labute approximate surface area is 203 Å². The number of amides is 1. The summed E-state index contributed by atoms with van der Waals surface area (Å²) < 4.78 is 29.1. The molecule has 0 aliphatic carbocycles. The Morgan fingerprint density at radius 3 is 2.50 bits per heavy atom. The summed E-state index contributed by atoms with van der Waals surface area (Å²) in [6, 6.07) is 22.3. The fraction of sp³-hybridized carbons (Fsp3) is 0.120. The lowest BCUT2D eigenvalue weighted by molar-refractivity contribution is 0.0954. The van der Waals surface area contributed by atoms with Crippen molar-refractivity contribution in [3.05, 3.63) is 107 Å². The topological polar surface area (TPSA) is 84.3 Å². The van der Waals surface area contributed by atoms with Crippen molar-refractivity contribution in [3.8, 4) is 5.69 Å². The van der Waals surface area contributed by atoms with E-state index in [1.807, 2.05) is 36.5 Å². The summed E-state index contributed by atoms with van der Waals surface area (Å²) in [5.41, 5.74) is 2.73. The summed E-state index contributed by atoms with van der Waals surface area (Å²) in [7, 11) is -2.41. The van der Waals surface area contributed by atoms with Gasteiger partial charge in [-0.3, -0.25) is 9.10 Å². The van der Waals surface area contributed by atoms with E-state index in [9.17, 15) is 13.2 Å². The van der Waals surface area contributed by atoms with E-state index in [1.165, 1.54) is 19.2 Å². The smallest absolute Gasteiger partial charge is 0.264 e. The van der Waals surface area contributed by atoms with Gasteiger partial charge in [-0.05, 0) is 66.6 Å². The number of aromatic nitrogens is 2. The molecule has 4 aromatic rings. The Morgan fingerprint density at radius 2 is 1.79 bits per heavy atom. The van der Waals surface area contributed by atoms with E-state index < -0.39 is 10.0 Å². The molecule has 1 amide bonds. The van der Waals surface area contributed by atoms with Crippen LogP contribution in [0.25, 0.3) is 5.69 Å². The van der Waals surface area contributed by atoms with Crippen LogP contribution in [0, 0.1) is 0 Å². The van der Waals surface area contributed by atoms with Gasteiger partial charge in [0.1, 0.15) is 0 Å². The van der Waals surface area contributed by atoms with Gasteiger partial charge in [0, 0.05) is 36.6 Å². The van der Waals surface area contributed by atoms with E-state index in [0.717, 1.165) is 15.6 Å². The highest BCUT2D eigenvalue weighted by atomic mass is 35.5. The molecule has 0 atom stereocenters. The van der Waals surface area contributed by atoms with Crippen molar-refractivity contribution < 1.29 is 13.2 Å². The van der Waals surface area contributed by atoms with Crippen LogP contribution in [0.1, 0.15) is 15.9 Å². The van der Waals surface area contributed by atoms with Crippen molar-refractivity contribution in [2.45, 2.75) is 11.3 Å². The van der Waals surface area contributed by atoms with E-state index in [0.29, 0.717) is 23.7 Å². The molecule has 4 rings (SSSR count). The number of carbonyl (C=O) groups is 1. The van der Waals surface area contributed by atoms with Crippen LogP contribution in [0.5, 0.6) is 0 Å². The highest BCUT2D eigenvalue weighted by Crippen LogP contribution is 2.25. The van der Waals surface area contributed by atoms with Crippen LogP contribution in [0.15, 0.2) is 96.2 Å². The number of anilines is 1. The molecule has 0 aliphatic rings. The Morgan fingerprint density at radius 1 is 1.03 bits per heavy atom. The van der Waals surface area contributed by atoms with Gasteiger partial charge in [0.2, 0.25) is 0 Å². The number of hydrogen-bond acceptors (Lipinski definition) is 4. The molecular weight excluding hydrogens is 472 g/mol. The van der Waals surface area contributed by atoms with E-state index >= 15 is 0 Å². The molecule has 34 heavy (non-hydrogen) atoms.